The molecule has 0 saturated heterocycles. The number of hydrogen-bond acceptors (Lipinski definition) is 2. The molecular formula is C9H5Cl3F2O2. The van der Waals surface area contributed by atoms with Crippen LogP contribution in [0.3, 0.4) is 0 Å². The number of benzene rings is 1. The van der Waals surface area contributed by atoms with Crippen LogP contribution in [0.1, 0.15) is 5.56 Å². The lowest BCUT2D eigenvalue weighted by Gasteiger charge is -2.09. The van der Waals surface area contributed by atoms with Gasteiger partial charge in [0.15, 0.2) is 0 Å². The summed E-state index contributed by atoms with van der Waals surface area (Å²) in [5.41, 5.74) is 0.361. The number of carbonyl (C=O) groups is 1. The van der Waals surface area contributed by atoms with Crippen molar-refractivity contribution in [1.29, 1.82) is 0 Å². The van der Waals surface area contributed by atoms with E-state index in [1.807, 2.05) is 0 Å². The lowest BCUT2D eigenvalue weighted by molar-refractivity contribution is -0.162. The van der Waals surface area contributed by atoms with Gasteiger partial charge < -0.3 is 4.74 Å². The first kappa shape index (κ1) is 13.5. The highest BCUT2D eigenvalue weighted by atomic mass is 35.5. The summed E-state index contributed by atoms with van der Waals surface area (Å²) in [7, 11) is 0. The minimum absolute atomic E-state index is 0.221. The Morgan fingerprint density at radius 3 is 2.50 bits per heavy atom. The monoisotopic (exact) mass is 288 g/mol. The topological polar surface area (TPSA) is 26.3 Å². The first-order valence-electron chi connectivity index (χ1n) is 3.98. The molecule has 0 heterocycles. The van der Waals surface area contributed by atoms with Gasteiger partial charge in [0.2, 0.25) is 0 Å². The van der Waals surface area contributed by atoms with E-state index in [0.29, 0.717) is 10.6 Å². The van der Waals surface area contributed by atoms with Crippen LogP contribution in [0.15, 0.2) is 18.2 Å². The summed E-state index contributed by atoms with van der Waals surface area (Å²) >= 11 is 15.8. The Morgan fingerprint density at radius 1 is 1.38 bits per heavy atom. The average Bonchev–Trinajstić information content (AvgIpc) is 2.14. The minimum atomic E-state index is -4.03. The molecule has 1 aromatic carbocycles. The Balaban J connectivity index is 2.65. The fraction of sp³-hybridized carbons (Fsp3) is 0.222. The SMILES string of the molecule is O=C(OCc1ccc(Cl)cc1Cl)C(F)(F)Cl. The van der Waals surface area contributed by atoms with Gasteiger partial charge in [-0.3, -0.25) is 0 Å². The Kier molecular flexibility index (Phi) is 4.35. The fourth-order valence-electron chi connectivity index (χ4n) is 0.864. The standard InChI is InChI=1S/C9H5Cl3F2O2/c10-6-2-1-5(7(11)3-6)4-16-8(15)9(12,13)14/h1-3H,4H2. The predicted molar refractivity (Wildman–Crippen MR) is 57.1 cm³/mol. The molecule has 1 aromatic rings. The van der Waals surface area contributed by atoms with Crippen LogP contribution in [-0.4, -0.2) is 11.4 Å². The molecule has 0 aliphatic rings. The van der Waals surface area contributed by atoms with Crippen molar-refractivity contribution in [2.24, 2.45) is 0 Å². The van der Waals surface area contributed by atoms with Gasteiger partial charge >= 0.3 is 11.4 Å². The molecule has 7 heteroatoms. The molecule has 1 rings (SSSR count). The number of ether oxygens (including phenoxy) is 1. The molecule has 0 radical (unpaired) electrons. The number of hydrogen-bond donors (Lipinski definition) is 0. The number of alkyl halides is 3. The van der Waals surface area contributed by atoms with Crippen molar-refractivity contribution >= 4 is 40.8 Å². The number of rotatable bonds is 3. The van der Waals surface area contributed by atoms with Gasteiger partial charge in [0, 0.05) is 15.6 Å². The molecule has 0 saturated carbocycles. The van der Waals surface area contributed by atoms with Gasteiger partial charge in [0.1, 0.15) is 6.61 Å². The molecule has 0 aliphatic carbocycles. The highest BCUT2D eigenvalue weighted by Gasteiger charge is 2.37. The van der Waals surface area contributed by atoms with Crippen LogP contribution in [0.25, 0.3) is 0 Å². The van der Waals surface area contributed by atoms with Crippen molar-refractivity contribution in [2.45, 2.75) is 12.0 Å². The zero-order chi connectivity index (χ0) is 12.3. The van der Waals surface area contributed by atoms with E-state index in [4.69, 9.17) is 23.2 Å². The highest BCUT2D eigenvalue weighted by Crippen LogP contribution is 2.24. The second-order valence-corrected chi connectivity index (χ2v) is 4.13. The molecular weight excluding hydrogens is 284 g/mol. The van der Waals surface area contributed by atoms with Crippen LogP contribution >= 0.6 is 34.8 Å². The van der Waals surface area contributed by atoms with Gasteiger partial charge in [0.05, 0.1) is 0 Å². The van der Waals surface area contributed by atoms with Crippen LogP contribution in [0, 0.1) is 0 Å². The van der Waals surface area contributed by atoms with E-state index in [-0.39, 0.29) is 5.02 Å². The maximum Gasteiger partial charge on any atom is 0.417 e. The molecule has 88 valence electrons. The number of halogens is 5. The third kappa shape index (κ3) is 3.77. The summed E-state index contributed by atoms with van der Waals surface area (Å²) in [6.07, 6.45) is 0. The number of esters is 1. The normalized spacial score (nSPS) is 11.3. The molecule has 0 amide bonds. The summed E-state index contributed by atoms with van der Waals surface area (Å²) in [6, 6.07) is 4.37. The molecule has 16 heavy (non-hydrogen) atoms. The molecule has 0 aromatic heterocycles. The summed E-state index contributed by atoms with van der Waals surface area (Å²) in [5.74, 6) is -1.82. The third-order valence-corrected chi connectivity index (χ3v) is 2.35. The second-order valence-electron chi connectivity index (χ2n) is 2.81. The quantitative estimate of drug-likeness (QED) is 0.624. The lowest BCUT2D eigenvalue weighted by atomic mass is 10.2. The van der Waals surface area contributed by atoms with E-state index in [9.17, 15) is 13.6 Å². The van der Waals surface area contributed by atoms with E-state index < -0.39 is 18.0 Å². The maximum atomic E-state index is 12.2. The van der Waals surface area contributed by atoms with E-state index in [1.165, 1.54) is 18.2 Å². The third-order valence-electron chi connectivity index (χ3n) is 1.61. The second kappa shape index (κ2) is 5.17. The van der Waals surface area contributed by atoms with Crippen LogP contribution in [-0.2, 0) is 16.1 Å². The van der Waals surface area contributed by atoms with Crippen molar-refractivity contribution < 1.29 is 18.3 Å². The van der Waals surface area contributed by atoms with Crippen LogP contribution in [0.5, 0.6) is 0 Å². The van der Waals surface area contributed by atoms with Gasteiger partial charge in [-0.15, -0.1) is 0 Å². The molecule has 0 N–H and O–H groups in total. The first-order valence-corrected chi connectivity index (χ1v) is 5.12. The van der Waals surface area contributed by atoms with Crippen LogP contribution in [0.2, 0.25) is 10.0 Å². The Bertz CT molecular complexity index is 404. The molecule has 2 nitrogen and oxygen atoms in total. The molecule has 0 aliphatic heterocycles. The van der Waals surface area contributed by atoms with Crippen molar-refractivity contribution in [2.75, 3.05) is 0 Å². The van der Waals surface area contributed by atoms with Gasteiger partial charge in [-0.2, -0.15) is 8.78 Å². The smallest absolute Gasteiger partial charge is 0.417 e. The van der Waals surface area contributed by atoms with Gasteiger partial charge in [-0.1, -0.05) is 29.3 Å². The van der Waals surface area contributed by atoms with E-state index >= 15 is 0 Å². The first-order chi connectivity index (χ1) is 7.30. The van der Waals surface area contributed by atoms with E-state index in [0.717, 1.165) is 0 Å². The van der Waals surface area contributed by atoms with Gasteiger partial charge in [0.25, 0.3) is 0 Å². The zero-order valence-corrected chi connectivity index (χ0v) is 9.91. The van der Waals surface area contributed by atoms with Crippen LogP contribution in [0.4, 0.5) is 8.78 Å². The van der Waals surface area contributed by atoms with Crippen LogP contribution < -0.4 is 0 Å². The maximum absolute atomic E-state index is 12.2. The predicted octanol–water partition coefficient (Wildman–Crippen LogP) is 3.87. The number of carbonyl (C=O) groups excluding carboxylic acids is 1. The van der Waals surface area contributed by atoms with E-state index in [1.54, 1.807) is 0 Å². The van der Waals surface area contributed by atoms with Crippen molar-refractivity contribution in [3.8, 4) is 0 Å². The molecule has 0 spiro atoms. The summed E-state index contributed by atoms with van der Waals surface area (Å²) in [4.78, 5) is 10.6. The van der Waals surface area contributed by atoms with E-state index in [2.05, 4.69) is 16.3 Å². The minimum Gasteiger partial charge on any atom is -0.455 e. The molecule has 0 atom stereocenters. The average molecular weight is 289 g/mol. The summed E-state index contributed by atoms with van der Waals surface area (Å²) in [5, 5.41) is -3.42. The van der Waals surface area contributed by atoms with Gasteiger partial charge in [-0.25, -0.2) is 4.79 Å². The zero-order valence-electron chi connectivity index (χ0n) is 7.65. The van der Waals surface area contributed by atoms with Gasteiger partial charge in [-0.05, 0) is 23.7 Å². The van der Waals surface area contributed by atoms with Crippen molar-refractivity contribution in [3.63, 3.8) is 0 Å². The Hall–Kier alpha value is -0.580. The lowest BCUT2D eigenvalue weighted by Crippen LogP contribution is -2.24. The Labute approximate surface area is 105 Å². The highest BCUT2D eigenvalue weighted by molar-refractivity contribution is 6.35. The fourth-order valence-corrected chi connectivity index (χ4v) is 1.38. The van der Waals surface area contributed by atoms with Crippen molar-refractivity contribution in [1.82, 2.24) is 0 Å². The van der Waals surface area contributed by atoms with Crippen molar-refractivity contribution in [3.05, 3.63) is 33.8 Å². The molecule has 0 fully saturated rings. The largest absolute Gasteiger partial charge is 0.455 e. The molecule has 0 bridgehead atoms. The molecule has 0 unspecified atom stereocenters. The summed E-state index contributed by atoms with van der Waals surface area (Å²) in [6.45, 7) is -0.392. The Morgan fingerprint density at radius 2 is 2.00 bits per heavy atom. The summed E-state index contributed by atoms with van der Waals surface area (Å²) < 4.78 is 28.7.